The van der Waals surface area contributed by atoms with E-state index in [-0.39, 0.29) is 5.82 Å². The van der Waals surface area contributed by atoms with Crippen LogP contribution in [0.3, 0.4) is 0 Å². The molecule has 1 nitrogen and oxygen atoms in total. The lowest BCUT2D eigenvalue weighted by molar-refractivity contribution is 0.309. The van der Waals surface area contributed by atoms with Crippen LogP contribution in [0.25, 0.3) is 0 Å². The molecule has 18 heavy (non-hydrogen) atoms. The SMILES string of the molecule is CC(C)(C)C1C2CN(c3cc(Cl)ccc3F)CC21. The van der Waals surface area contributed by atoms with E-state index in [2.05, 4.69) is 25.7 Å². The monoisotopic (exact) mass is 267 g/mol. The molecular formula is C15H19ClFN. The minimum Gasteiger partial charge on any atom is -0.369 e. The third-order valence-corrected chi connectivity index (χ3v) is 4.68. The molecule has 0 N–H and O–H groups in total. The van der Waals surface area contributed by atoms with Gasteiger partial charge in [0.05, 0.1) is 5.69 Å². The normalized spacial score (nSPS) is 30.5. The van der Waals surface area contributed by atoms with Crippen LogP contribution in [0.5, 0.6) is 0 Å². The number of hydrogen-bond acceptors (Lipinski definition) is 1. The Balaban J connectivity index is 1.75. The highest BCUT2D eigenvalue weighted by Gasteiger charge is 2.59. The van der Waals surface area contributed by atoms with Crippen LogP contribution < -0.4 is 4.90 Å². The number of anilines is 1. The van der Waals surface area contributed by atoms with Gasteiger partial charge in [-0.1, -0.05) is 32.4 Å². The second-order valence-corrected chi connectivity index (χ2v) is 7.16. The first-order chi connectivity index (χ1) is 8.38. The maximum atomic E-state index is 13.8. The van der Waals surface area contributed by atoms with Crippen LogP contribution in [0.15, 0.2) is 18.2 Å². The largest absolute Gasteiger partial charge is 0.369 e. The van der Waals surface area contributed by atoms with Gasteiger partial charge in [-0.15, -0.1) is 0 Å². The molecule has 0 bridgehead atoms. The molecule has 0 amide bonds. The minimum atomic E-state index is -0.159. The van der Waals surface area contributed by atoms with E-state index < -0.39 is 0 Å². The molecule has 1 saturated heterocycles. The summed E-state index contributed by atoms with van der Waals surface area (Å²) < 4.78 is 13.8. The molecule has 1 saturated carbocycles. The zero-order chi connectivity index (χ0) is 13.1. The molecule has 2 aliphatic rings. The van der Waals surface area contributed by atoms with E-state index in [0.29, 0.717) is 16.1 Å². The van der Waals surface area contributed by atoms with Crippen LogP contribution in [-0.4, -0.2) is 13.1 Å². The predicted octanol–water partition coefficient (Wildman–Crippen LogP) is 4.21. The van der Waals surface area contributed by atoms with E-state index in [9.17, 15) is 4.39 Å². The molecule has 98 valence electrons. The topological polar surface area (TPSA) is 3.24 Å². The Morgan fingerprint density at radius 2 is 1.83 bits per heavy atom. The highest BCUT2D eigenvalue weighted by Crippen LogP contribution is 2.60. The highest BCUT2D eigenvalue weighted by atomic mass is 35.5. The van der Waals surface area contributed by atoms with E-state index in [1.807, 2.05) is 0 Å². The van der Waals surface area contributed by atoms with Crippen molar-refractivity contribution in [3.8, 4) is 0 Å². The van der Waals surface area contributed by atoms with Crippen LogP contribution >= 0.6 is 11.6 Å². The molecular weight excluding hydrogens is 249 g/mol. The third-order valence-electron chi connectivity index (χ3n) is 4.44. The van der Waals surface area contributed by atoms with Crippen LogP contribution in [0.2, 0.25) is 5.02 Å². The summed E-state index contributed by atoms with van der Waals surface area (Å²) in [5, 5.41) is 0.611. The number of nitrogens with zero attached hydrogens (tertiary/aromatic N) is 1. The molecule has 0 aromatic heterocycles. The van der Waals surface area contributed by atoms with E-state index >= 15 is 0 Å². The molecule has 2 atom stereocenters. The zero-order valence-electron chi connectivity index (χ0n) is 11.1. The average molecular weight is 268 g/mol. The molecule has 0 spiro atoms. The molecule has 0 radical (unpaired) electrons. The number of benzene rings is 1. The first-order valence-corrected chi connectivity index (χ1v) is 6.96. The van der Waals surface area contributed by atoms with Gasteiger partial charge in [0.25, 0.3) is 0 Å². The lowest BCUT2D eigenvalue weighted by Crippen LogP contribution is -2.28. The van der Waals surface area contributed by atoms with Crippen molar-refractivity contribution >= 4 is 17.3 Å². The molecule has 1 aliphatic carbocycles. The Hall–Kier alpha value is -0.760. The summed E-state index contributed by atoms with van der Waals surface area (Å²) in [7, 11) is 0. The second kappa shape index (κ2) is 3.86. The third kappa shape index (κ3) is 1.91. The van der Waals surface area contributed by atoms with E-state index in [4.69, 9.17) is 11.6 Å². The molecule has 1 aromatic carbocycles. The Morgan fingerprint density at radius 1 is 1.22 bits per heavy atom. The molecule has 1 aliphatic heterocycles. The van der Waals surface area contributed by atoms with Crippen molar-refractivity contribution in [1.82, 2.24) is 0 Å². The maximum Gasteiger partial charge on any atom is 0.146 e. The van der Waals surface area contributed by atoms with Crippen molar-refractivity contribution in [2.45, 2.75) is 20.8 Å². The number of hydrogen-bond donors (Lipinski definition) is 0. The van der Waals surface area contributed by atoms with Crippen molar-refractivity contribution in [3.05, 3.63) is 29.0 Å². The predicted molar refractivity (Wildman–Crippen MR) is 73.5 cm³/mol. The quantitative estimate of drug-likeness (QED) is 0.737. The number of piperidine rings is 1. The Labute approximate surface area is 113 Å². The summed E-state index contributed by atoms with van der Waals surface area (Å²) in [6.45, 7) is 8.87. The van der Waals surface area contributed by atoms with Crippen LogP contribution in [-0.2, 0) is 0 Å². The second-order valence-electron chi connectivity index (χ2n) is 6.72. The molecule has 2 unspecified atom stereocenters. The minimum absolute atomic E-state index is 0.159. The van der Waals surface area contributed by atoms with Crippen LogP contribution in [0.4, 0.5) is 10.1 Å². The fourth-order valence-electron chi connectivity index (χ4n) is 3.74. The fourth-order valence-corrected chi connectivity index (χ4v) is 3.90. The summed E-state index contributed by atoms with van der Waals surface area (Å²) in [5.41, 5.74) is 1.05. The summed E-state index contributed by atoms with van der Waals surface area (Å²) in [6.07, 6.45) is 0. The zero-order valence-corrected chi connectivity index (χ0v) is 11.8. The van der Waals surface area contributed by atoms with Gasteiger partial charge in [0, 0.05) is 18.1 Å². The number of fused-ring (bicyclic) bond motifs is 1. The lowest BCUT2D eigenvalue weighted by atomic mass is 9.87. The summed E-state index contributed by atoms with van der Waals surface area (Å²) in [4.78, 5) is 2.15. The van der Waals surface area contributed by atoms with Crippen molar-refractivity contribution in [3.63, 3.8) is 0 Å². The Kier molecular flexibility index (Phi) is 2.64. The van der Waals surface area contributed by atoms with E-state index in [1.165, 1.54) is 6.07 Å². The van der Waals surface area contributed by atoms with Crippen molar-refractivity contribution in [2.75, 3.05) is 18.0 Å². The average Bonchev–Trinajstić information content (AvgIpc) is 2.80. The lowest BCUT2D eigenvalue weighted by Gasteiger charge is -2.27. The van der Waals surface area contributed by atoms with Gasteiger partial charge in [-0.05, 0) is 41.4 Å². The van der Waals surface area contributed by atoms with Gasteiger partial charge in [0.2, 0.25) is 0 Å². The molecule has 1 heterocycles. The molecule has 2 fully saturated rings. The first-order valence-electron chi connectivity index (χ1n) is 6.58. The van der Waals surface area contributed by atoms with Gasteiger partial charge in [0.1, 0.15) is 5.82 Å². The maximum absolute atomic E-state index is 13.8. The van der Waals surface area contributed by atoms with E-state index in [0.717, 1.165) is 30.8 Å². The summed E-state index contributed by atoms with van der Waals surface area (Å²) in [6, 6.07) is 4.81. The van der Waals surface area contributed by atoms with E-state index in [1.54, 1.807) is 12.1 Å². The number of rotatable bonds is 1. The smallest absolute Gasteiger partial charge is 0.146 e. The van der Waals surface area contributed by atoms with Gasteiger partial charge in [-0.2, -0.15) is 0 Å². The van der Waals surface area contributed by atoms with Gasteiger partial charge in [-0.3, -0.25) is 0 Å². The summed E-state index contributed by atoms with van der Waals surface area (Å²) in [5.74, 6) is 2.12. The first kappa shape index (κ1) is 12.3. The standard InChI is InChI=1S/C15H19ClFN/c1-15(2,3)14-10-7-18(8-11(10)14)13-6-9(16)4-5-12(13)17/h4-6,10-11,14H,7-8H2,1-3H3. The van der Waals surface area contributed by atoms with Gasteiger partial charge < -0.3 is 4.90 Å². The summed E-state index contributed by atoms with van der Waals surface area (Å²) >= 11 is 5.95. The van der Waals surface area contributed by atoms with Gasteiger partial charge in [-0.25, -0.2) is 4.39 Å². The number of halogens is 2. The van der Waals surface area contributed by atoms with Crippen LogP contribution in [0.1, 0.15) is 20.8 Å². The Morgan fingerprint density at radius 3 is 2.39 bits per heavy atom. The van der Waals surface area contributed by atoms with Crippen molar-refractivity contribution in [1.29, 1.82) is 0 Å². The highest BCUT2D eigenvalue weighted by molar-refractivity contribution is 6.30. The molecule has 3 rings (SSSR count). The van der Waals surface area contributed by atoms with Gasteiger partial charge >= 0.3 is 0 Å². The van der Waals surface area contributed by atoms with Gasteiger partial charge in [0.15, 0.2) is 0 Å². The molecule has 3 heteroatoms. The molecule has 1 aromatic rings. The Bertz CT molecular complexity index is 468. The van der Waals surface area contributed by atoms with Crippen molar-refractivity contribution in [2.24, 2.45) is 23.2 Å². The fraction of sp³-hybridized carbons (Fsp3) is 0.600. The van der Waals surface area contributed by atoms with Crippen molar-refractivity contribution < 1.29 is 4.39 Å². The van der Waals surface area contributed by atoms with Crippen LogP contribution in [0, 0.1) is 29.0 Å².